The Morgan fingerprint density at radius 1 is 0.909 bits per heavy atom. The molecule has 0 radical (unpaired) electrons. The summed E-state index contributed by atoms with van der Waals surface area (Å²) in [6.07, 6.45) is 1.08. The van der Waals surface area contributed by atoms with Crippen LogP contribution in [0.1, 0.15) is 44.7 Å². The minimum absolute atomic E-state index is 0.0879. The zero-order valence-corrected chi connectivity index (χ0v) is 27.1. The van der Waals surface area contributed by atoms with E-state index in [-0.39, 0.29) is 28.8 Å². The number of aryl methyl sites for hydroxylation is 1. The molecule has 3 aromatic rings. The summed E-state index contributed by atoms with van der Waals surface area (Å²) < 4.78 is 45.7. The molecule has 0 heterocycles. The molecule has 1 atom stereocenters. The van der Waals surface area contributed by atoms with Crippen LogP contribution in [-0.2, 0) is 26.2 Å². The standard InChI is InChI=1S/C33H43N3O7S/c1-7-20-34-33(38)29(8-2)35(22-25-13-11-10-12-24(25)4)32(37)23-36(26-14-16-27(17-15-26)43-9-3)44(39,40)28-18-19-30(41-5)31(21-28)42-6/h10-19,21,29H,7-9,20,22-23H2,1-6H3,(H,34,38)/t29-/m1/s1. The molecule has 0 bridgehead atoms. The number of benzene rings is 3. The number of carbonyl (C=O) groups excluding carboxylic acids is 2. The molecule has 0 fully saturated rings. The number of carbonyl (C=O) groups is 2. The van der Waals surface area contributed by atoms with Crippen LogP contribution in [0.3, 0.4) is 0 Å². The molecule has 1 N–H and O–H groups in total. The first-order valence-corrected chi connectivity index (χ1v) is 16.1. The number of nitrogens with one attached hydrogen (secondary N) is 1. The molecule has 0 aliphatic heterocycles. The Morgan fingerprint density at radius 2 is 1.59 bits per heavy atom. The number of methoxy groups -OCH3 is 2. The van der Waals surface area contributed by atoms with E-state index in [1.165, 1.54) is 37.3 Å². The molecule has 0 saturated heterocycles. The summed E-state index contributed by atoms with van der Waals surface area (Å²) in [5.41, 5.74) is 2.07. The van der Waals surface area contributed by atoms with Gasteiger partial charge < -0.3 is 24.4 Å². The monoisotopic (exact) mass is 625 g/mol. The van der Waals surface area contributed by atoms with Gasteiger partial charge in [-0.05, 0) is 74.2 Å². The first-order valence-electron chi connectivity index (χ1n) is 14.7. The molecule has 0 spiro atoms. The second-order valence-electron chi connectivity index (χ2n) is 10.1. The van der Waals surface area contributed by atoms with Gasteiger partial charge in [-0.15, -0.1) is 0 Å². The van der Waals surface area contributed by atoms with Gasteiger partial charge in [-0.3, -0.25) is 13.9 Å². The van der Waals surface area contributed by atoms with Gasteiger partial charge in [0.2, 0.25) is 11.8 Å². The minimum atomic E-state index is -4.30. The molecule has 0 saturated carbocycles. The Kier molecular flexibility index (Phi) is 12.5. The third-order valence-corrected chi connectivity index (χ3v) is 8.96. The van der Waals surface area contributed by atoms with Crippen LogP contribution < -0.4 is 23.8 Å². The Balaban J connectivity index is 2.11. The third kappa shape index (κ3) is 8.22. The first kappa shape index (κ1) is 34.2. The predicted molar refractivity (Wildman–Crippen MR) is 171 cm³/mol. The van der Waals surface area contributed by atoms with Gasteiger partial charge in [0, 0.05) is 19.2 Å². The Labute approximate surface area is 261 Å². The Hall–Kier alpha value is -4.25. The maximum atomic E-state index is 14.3. The lowest BCUT2D eigenvalue weighted by Gasteiger charge is -2.33. The summed E-state index contributed by atoms with van der Waals surface area (Å²) in [5.74, 6) is 0.344. The van der Waals surface area contributed by atoms with E-state index in [0.717, 1.165) is 21.9 Å². The molecule has 3 aromatic carbocycles. The number of ether oxygens (including phenoxy) is 3. The van der Waals surface area contributed by atoms with Crippen LogP contribution in [0.4, 0.5) is 5.69 Å². The van der Waals surface area contributed by atoms with E-state index in [4.69, 9.17) is 14.2 Å². The number of hydrogen-bond donors (Lipinski definition) is 1. The van der Waals surface area contributed by atoms with Gasteiger partial charge in [-0.1, -0.05) is 38.1 Å². The van der Waals surface area contributed by atoms with E-state index in [0.29, 0.717) is 31.1 Å². The summed E-state index contributed by atoms with van der Waals surface area (Å²) >= 11 is 0. The van der Waals surface area contributed by atoms with Crippen LogP contribution in [0, 0.1) is 6.92 Å². The molecule has 10 nitrogen and oxygen atoms in total. The lowest BCUT2D eigenvalue weighted by molar-refractivity contribution is -0.140. The highest BCUT2D eigenvalue weighted by Gasteiger charge is 2.34. The maximum absolute atomic E-state index is 14.3. The van der Waals surface area contributed by atoms with Gasteiger partial charge in [0.25, 0.3) is 10.0 Å². The highest BCUT2D eigenvalue weighted by atomic mass is 32.2. The minimum Gasteiger partial charge on any atom is -0.494 e. The van der Waals surface area contributed by atoms with Crippen molar-refractivity contribution in [3.8, 4) is 17.2 Å². The van der Waals surface area contributed by atoms with Crippen LogP contribution >= 0.6 is 0 Å². The summed E-state index contributed by atoms with van der Waals surface area (Å²) in [7, 11) is -1.43. The van der Waals surface area contributed by atoms with Gasteiger partial charge in [0.05, 0.1) is 31.4 Å². The Morgan fingerprint density at radius 3 is 2.18 bits per heavy atom. The highest BCUT2D eigenvalue weighted by molar-refractivity contribution is 7.92. The van der Waals surface area contributed by atoms with E-state index in [1.54, 1.807) is 24.3 Å². The highest BCUT2D eigenvalue weighted by Crippen LogP contribution is 2.33. The van der Waals surface area contributed by atoms with E-state index >= 15 is 0 Å². The van der Waals surface area contributed by atoms with Gasteiger partial charge >= 0.3 is 0 Å². The smallest absolute Gasteiger partial charge is 0.264 e. The molecule has 0 unspecified atom stereocenters. The quantitative estimate of drug-likeness (QED) is 0.240. The predicted octanol–water partition coefficient (Wildman–Crippen LogP) is 4.94. The van der Waals surface area contributed by atoms with Crippen LogP contribution in [0.25, 0.3) is 0 Å². The molecule has 44 heavy (non-hydrogen) atoms. The second kappa shape index (κ2) is 16.0. The number of rotatable bonds is 16. The fraction of sp³-hybridized carbons (Fsp3) is 0.394. The number of sulfonamides is 1. The zero-order valence-electron chi connectivity index (χ0n) is 26.3. The normalized spacial score (nSPS) is 11.8. The lowest BCUT2D eigenvalue weighted by atomic mass is 10.1. The lowest BCUT2D eigenvalue weighted by Crippen LogP contribution is -2.52. The fourth-order valence-electron chi connectivity index (χ4n) is 4.76. The van der Waals surface area contributed by atoms with Gasteiger partial charge in [-0.25, -0.2) is 8.42 Å². The molecule has 0 aliphatic carbocycles. The third-order valence-electron chi connectivity index (χ3n) is 7.19. The summed E-state index contributed by atoms with van der Waals surface area (Å²) in [6, 6.07) is 17.5. The van der Waals surface area contributed by atoms with Crippen LogP contribution in [0.5, 0.6) is 17.2 Å². The van der Waals surface area contributed by atoms with Crippen LogP contribution in [-0.4, -0.2) is 65.1 Å². The van der Waals surface area contributed by atoms with Crippen molar-refractivity contribution in [2.24, 2.45) is 0 Å². The van der Waals surface area contributed by atoms with Crippen molar-refractivity contribution in [3.63, 3.8) is 0 Å². The van der Waals surface area contributed by atoms with Crippen molar-refractivity contribution in [2.75, 3.05) is 38.2 Å². The van der Waals surface area contributed by atoms with E-state index in [1.807, 2.05) is 52.0 Å². The molecular formula is C33H43N3O7S. The average molecular weight is 626 g/mol. The van der Waals surface area contributed by atoms with E-state index in [9.17, 15) is 18.0 Å². The molecule has 0 aromatic heterocycles. The van der Waals surface area contributed by atoms with Crippen molar-refractivity contribution in [2.45, 2.75) is 58.0 Å². The molecular weight excluding hydrogens is 582 g/mol. The zero-order chi connectivity index (χ0) is 32.3. The molecule has 3 rings (SSSR count). The number of amides is 2. The molecule has 0 aliphatic rings. The van der Waals surface area contributed by atoms with E-state index in [2.05, 4.69) is 5.32 Å². The molecule has 2 amide bonds. The van der Waals surface area contributed by atoms with Crippen molar-refractivity contribution in [1.29, 1.82) is 0 Å². The molecule has 11 heteroatoms. The number of anilines is 1. The van der Waals surface area contributed by atoms with Crippen molar-refractivity contribution >= 4 is 27.5 Å². The first-order chi connectivity index (χ1) is 21.1. The van der Waals surface area contributed by atoms with Gasteiger partial charge in [0.15, 0.2) is 11.5 Å². The Bertz CT molecular complexity index is 1510. The van der Waals surface area contributed by atoms with Crippen LogP contribution in [0.15, 0.2) is 71.6 Å². The van der Waals surface area contributed by atoms with E-state index < -0.39 is 28.5 Å². The van der Waals surface area contributed by atoms with Crippen molar-refractivity contribution in [3.05, 3.63) is 77.9 Å². The summed E-state index contributed by atoms with van der Waals surface area (Å²) in [5, 5.41) is 2.90. The maximum Gasteiger partial charge on any atom is 0.264 e. The van der Waals surface area contributed by atoms with Crippen molar-refractivity contribution < 1.29 is 32.2 Å². The number of hydrogen-bond acceptors (Lipinski definition) is 7. The van der Waals surface area contributed by atoms with Gasteiger partial charge in [0.1, 0.15) is 18.3 Å². The number of nitrogens with zero attached hydrogens (tertiary/aromatic N) is 2. The fourth-order valence-corrected chi connectivity index (χ4v) is 6.19. The topological polar surface area (TPSA) is 114 Å². The molecule has 238 valence electrons. The average Bonchev–Trinajstić information content (AvgIpc) is 3.03. The summed E-state index contributed by atoms with van der Waals surface area (Å²) in [6.45, 7) is 8.06. The second-order valence-corrected chi connectivity index (χ2v) is 12.0. The van der Waals surface area contributed by atoms with Crippen molar-refractivity contribution in [1.82, 2.24) is 10.2 Å². The largest absolute Gasteiger partial charge is 0.494 e. The van der Waals surface area contributed by atoms with Gasteiger partial charge in [-0.2, -0.15) is 0 Å². The summed E-state index contributed by atoms with van der Waals surface area (Å²) in [4.78, 5) is 28.9. The van der Waals surface area contributed by atoms with Crippen LogP contribution in [0.2, 0.25) is 0 Å². The SMILES string of the molecule is CCCNC(=O)[C@@H](CC)N(Cc1ccccc1C)C(=O)CN(c1ccc(OCC)cc1)S(=O)(=O)c1ccc(OC)c(OC)c1.